The molecule has 4 heteroatoms. The van der Waals surface area contributed by atoms with Crippen LogP contribution in [0.15, 0.2) is 29.2 Å². The topological polar surface area (TPSA) is 41.1 Å². The maximum absolute atomic E-state index is 11.6. The summed E-state index contributed by atoms with van der Waals surface area (Å²) in [6.45, 7) is 9.26. The van der Waals surface area contributed by atoms with Crippen LogP contribution in [0.2, 0.25) is 0 Å². The number of amides is 1. The molecule has 0 heterocycles. The lowest BCUT2D eigenvalue weighted by molar-refractivity contribution is -0.118. The fourth-order valence-electron chi connectivity index (χ4n) is 1.81. The van der Waals surface area contributed by atoms with Crippen molar-refractivity contribution in [2.45, 2.75) is 45.1 Å². The zero-order chi connectivity index (χ0) is 15.5. The minimum atomic E-state index is 0.121. The summed E-state index contributed by atoms with van der Waals surface area (Å²) in [6, 6.07) is 8.45. The van der Waals surface area contributed by atoms with Crippen molar-refractivity contribution in [3.63, 3.8) is 0 Å². The summed E-state index contributed by atoms with van der Waals surface area (Å²) >= 11 is 1.59. The van der Waals surface area contributed by atoms with Gasteiger partial charge in [-0.05, 0) is 36.6 Å². The third-order valence-electron chi connectivity index (χ3n) is 3.03. The number of benzene rings is 1. The number of hydrogen-bond donors (Lipinski definition) is 2. The molecule has 0 aliphatic carbocycles. The Hall–Kier alpha value is -1.00. The van der Waals surface area contributed by atoms with Crippen LogP contribution in [0.1, 0.15) is 39.2 Å². The van der Waals surface area contributed by atoms with E-state index in [2.05, 4.69) is 55.7 Å². The van der Waals surface area contributed by atoms with Gasteiger partial charge in [-0.2, -0.15) is 0 Å². The summed E-state index contributed by atoms with van der Waals surface area (Å²) in [6.07, 6.45) is 2.16. The summed E-state index contributed by atoms with van der Waals surface area (Å²) in [5.41, 5.74) is 1.28. The van der Waals surface area contributed by atoms with Gasteiger partial charge in [0.15, 0.2) is 0 Å². The standard InChI is InChI=1S/C17H28N2OS/c1-4-5-10-19-17(20)13-21-16-8-6-15(7-9-16)12-18-11-14(2)3/h6-9,14,18H,4-5,10-13H2,1-3H3,(H,19,20). The minimum absolute atomic E-state index is 0.121. The Balaban J connectivity index is 2.25. The molecular weight excluding hydrogens is 280 g/mol. The summed E-state index contributed by atoms with van der Waals surface area (Å²) in [4.78, 5) is 12.8. The van der Waals surface area contributed by atoms with Gasteiger partial charge in [0, 0.05) is 18.0 Å². The summed E-state index contributed by atoms with van der Waals surface area (Å²) in [5, 5.41) is 6.36. The molecule has 0 radical (unpaired) electrons. The van der Waals surface area contributed by atoms with Gasteiger partial charge in [0.25, 0.3) is 0 Å². The van der Waals surface area contributed by atoms with Crippen molar-refractivity contribution >= 4 is 17.7 Å². The van der Waals surface area contributed by atoms with Crippen LogP contribution in [-0.4, -0.2) is 24.7 Å². The molecule has 0 aliphatic heterocycles. The molecule has 0 saturated carbocycles. The summed E-state index contributed by atoms with van der Waals surface area (Å²) in [5.74, 6) is 1.29. The first kappa shape index (κ1) is 18.1. The van der Waals surface area contributed by atoms with Gasteiger partial charge in [-0.15, -0.1) is 11.8 Å². The number of hydrogen-bond acceptors (Lipinski definition) is 3. The van der Waals surface area contributed by atoms with E-state index < -0.39 is 0 Å². The molecule has 0 aromatic heterocycles. The highest BCUT2D eigenvalue weighted by molar-refractivity contribution is 8.00. The lowest BCUT2D eigenvalue weighted by Crippen LogP contribution is -2.25. The molecule has 118 valence electrons. The van der Waals surface area contributed by atoms with Gasteiger partial charge in [0.2, 0.25) is 5.91 Å². The zero-order valence-electron chi connectivity index (χ0n) is 13.4. The molecule has 1 rings (SSSR count). The highest BCUT2D eigenvalue weighted by atomic mass is 32.2. The Morgan fingerprint density at radius 1 is 1.24 bits per heavy atom. The molecule has 0 spiro atoms. The van der Waals surface area contributed by atoms with E-state index in [4.69, 9.17) is 0 Å². The predicted molar refractivity (Wildman–Crippen MR) is 91.6 cm³/mol. The van der Waals surface area contributed by atoms with Crippen molar-refractivity contribution in [3.05, 3.63) is 29.8 Å². The van der Waals surface area contributed by atoms with E-state index in [1.54, 1.807) is 11.8 Å². The van der Waals surface area contributed by atoms with Crippen LogP contribution in [0, 0.1) is 5.92 Å². The molecule has 0 unspecified atom stereocenters. The van der Waals surface area contributed by atoms with E-state index in [0.717, 1.165) is 37.4 Å². The normalized spacial score (nSPS) is 10.9. The van der Waals surface area contributed by atoms with E-state index >= 15 is 0 Å². The maximum atomic E-state index is 11.6. The fraction of sp³-hybridized carbons (Fsp3) is 0.588. The van der Waals surface area contributed by atoms with Gasteiger partial charge in [-0.25, -0.2) is 0 Å². The first-order valence-electron chi connectivity index (χ1n) is 7.81. The molecule has 1 aromatic carbocycles. The van der Waals surface area contributed by atoms with Gasteiger partial charge in [0.1, 0.15) is 0 Å². The molecule has 0 saturated heterocycles. The van der Waals surface area contributed by atoms with E-state index in [0.29, 0.717) is 11.7 Å². The summed E-state index contributed by atoms with van der Waals surface area (Å²) in [7, 11) is 0. The zero-order valence-corrected chi connectivity index (χ0v) is 14.3. The van der Waals surface area contributed by atoms with Crippen molar-refractivity contribution in [2.24, 2.45) is 5.92 Å². The van der Waals surface area contributed by atoms with E-state index in [9.17, 15) is 4.79 Å². The molecule has 0 fully saturated rings. The van der Waals surface area contributed by atoms with Crippen LogP contribution < -0.4 is 10.6 Å². The maximum Gasteiger partial charge on any atom is 0.230 e. The second kappa shape index (κ2) is 10.7. The average molecular weight is 308 g/mol. The van der Waals surface area contributed by atoms with Crippen molar-refractivity contribution in [2.75, 3.05) is 18.8 Å². The highest BCUT2D eigenvalue weighted by Crippen LogP contribution is 2.18. The van der Waals surface area contributed by atoms with E-state index in [-0.39, 0.29) is 5.91 Å². The second-order valence-electron chi connectivity index (χ2n) is 5.66. The second-order valence-corrected chi connectivity index (χ2v) is 6.71. The number of rotatable bonds is 10. The van der Waals surface area contributed by atoms with Gasteiger partial charge in [0.05, 0.1) is 5.75 Å². The van der Waals surface area contributed by atoms with Crippen LogP contribution in [0.4, 0.5) is 0 Å². The molecule has 0 aliphatic rings. The number of nitrogens with one attached hydrogen (secondary N) is 2. The number of carbonyl (C=O) groups is 1. The minimum Gasteiger partial charge on any atom is -0.355 e. The third-order valence-corrected chi connectivity index (χ3v) is 4.04. The van der Waals surface area contributed by atoms with E-state index in [1.165, 1.54) is 5.56 Å². The quantitative estimate of drug-likeness (QED) is 0.514. The average Bonchev–Trinajstić information content (AvgIpc) is 2.46. The Bertz CT molecular complexity index is 404. The molecular formula is C17H28N2OS. The molecule has 21 heavy (non-hydrogen) atoms. The third kappa shape index (κ3) is 8.79. The van der Waals surface area contributed by atoms with Crippen LogP contribution in [0.3, 0.4) is 0 Å². The first-order chi connectivity index (χ1) is 10.1. The SMILES string of the molecule is CCCCNC(=O)CSc1ccc(CNCC(C)C)cc1. The van der Waals surface area contributed by atoms with E-state index in [1.807, 2.05) is 0 Å². The van der Waals surface area contributed by atoms with Crippen LogP contribution in [0.5, 0.6) is 0 Å². The smallest absolute Gasteiger partial charge is 0.230 e. The van der Waals surface area contributed by atoms with Gasteiger partial charge >= 0.3 is 0 Å². The molecule has 0 atom stereocenters. The lowest BCUT2D eigenvalue weighted by atomic mass is 10.2. The fourth-order valence-corrected chi connectivity index (χ4v) is 2.54. The molecule has 1 amide bonds. The van der Waals surface area contributed by atoms with Crippen molar-refractivity contribution in [1.29, 1.82) is 0 Å². The van der Waals surface area contributed by atoms with Gasteiger partial charge in [-0.3, -0.25) is 4.79 Å². The van der Waals surface area contributed by atoms with Crippen LogP contribution >= 0.6 is 11.8 Å². The molecule has 2 N–H and O–H groups in total. The first-order valence-corrected chi connectivity index (χ1v) is 8.79. The van der Waals surface area contributed by atoms with Gasteiger partial charge < -0.3 is 10.6 Å². The lowest BCUT2D eigenvalue weighted by Gasteiger charge is -2.08. The summed E-state index contributed by atoms with van der Waals surface area (Å²) < 4.78 is 0. The highest BCUT2D eigenvalue weighted by Gasteiger charge is 2.02. The van der Waals surface area contributed by atoms with Crippen molar-refractivity contribution < 1.29 is 4.79 Å². The van der Waals surface area contributed by atoms with Gasteiger partial charge in [-0.1, -0.05) is 39.3 Å². The van der Waals surface area contributed by atoms with Crippen molar-refractivity contribution in [1.82, 2.24) is 10.6 Å². The monoisotopic (exact) mass is 308 g/mol. The van der Waals surface area contributed by atoms with Crippen LogP contribution in [0.25, 0.3) is 0 Å². The number of carbonyl (C=O) groups excluding carboxylic acids is 1. The molecule has 0 bridgehead atoms. The molecule has 1 aromatic rings. The Kier molecular flexibility index (Phi) is 9.19. The number of unbranched alkanes of at least 4 members (excludes halogenated alkanes) is 1. The van der Waals surface area contributed by atoms with Crippen LogP contribution in [-0.2, 0) is 11.3 Å². The Labute approximate surface area is 133 Å². The van der Waals surface area contributed by atoms with Crippen molar-refractivity contribution in [3.8, 4) is 0 Å². The molecule has 3 nitrogen and oxygen atoms in total. The predicted octanol–water partition coefficient (Wildman–Crippen LogP) is 3.44. The Morgan fingerprint density at radius 2 is 1.95 bits per heavy atom. The largest absolute Gasteiger partial charge is 0.355 e. The Morgan fingerprint density at radius 3 is 2.57 bits per heavy atom. The number of thioether (sulfide) groups is 1.